The second kappa shape index (κ2) is 16.9. The van der Waals surface area contributed by atoms with Crippen LogP contribution in [0.2, 0.25) is 0 Å². The number of hydroxylamine groups is 2. The SMILES string of the molecule is CC1(C)[C@H](CC(=O)/C(=N\O[C@@H](COc2ccc(-n3cc[n+](CCCN)c3)nc2)C(=O)O)c2csc(N)n2)C(=O)N1OS(=O)(=O)[O-].O=C(O)C(F)(F)F. The number of hydrogen-bond acceptors (Lipinski definition) is 16. The fourth-order valence-corrected chi connectivity index (χ4v) is 5.26. The van der Waals surface area contributed by atoms with Crippen molar-refractivity contribution in [3.8, 4) is 11.6 Å². The molecule has 0 radical (unpaired) electrons. The van der Waals surface area contributed by atoms with Crippen molar-refractivity contribution < 1.29 is 74.0 Å². The van der Waals surface area contributed by atoms with E-state index < -0.39 is 76.5 Å². The van der Waals surface area contributed by atoms with Gasteiger partial charge in [0, 0.05) is 17.9 Å². The highest BCUT2D eigenvalue weighted by molar-refractivity contribution is 7.80. The number of alkyl halides is 3. The first-order chi connectivity index (χ1) is 24.1. The van der Waals surface area contributed by atoms with Crippen molar-refractivity contribution in [3.63, 3.8) is 0 Å². The minimum atomic E-state index is -5.24. The fourth-order valence-electron chi connectivity index (χ4n) is 4.26. The van der Waals surface area contributed by atoms with Crippen LogP contribution in [0.25, 0.3) is 5.82 Å². The topological polar surface area (TPSA) is 296 Å². The van der Waals surface area contributed by atoms with E-state index in [1.807, 2.05) is 23.3 Å². The lowest BCUT2D eigenvalue weighted by atomic mass is 9.74. The van der Waals surface area contributed by atoms with Crippen LogP contribution in [0.4, 0.5) is 18.3 Å². The number of nitrogen functional groups attached to an aromatic ring is 1. The number of carbonyl (C=O) groups excluding carboxylic acids is 2. The molecular formula is C27H31F3N8O12S2. The minimum absolute atomic E-state index is 0.0403. The summed E-state index contributed by atoms with van der Waals surface area (Å²) in [4.78, 5) is 60.1. The van der Waals surface area contributed by atoms with Crippen LogP contribution in [0.5, 0.6) is 5.75 Å². The highest BCUT2D eigenvalue weighted by atomic mass is 32.3. The molecule has 25 heteroatoms. The van der Waals surface area contributed by atoms with Gasteiger partial charge in [-0.25, -0.2) is 32.5 Å². The number of hydrogen-bond donors (Lipinski definition) is 4. The van der Waals surface area contributed by atoms with Crippen LogP contribution in [0, 0.1) is 5.92 Å². The quantitative estimate of drug-likeness (QED) is 0.0372. The number of ketones is 1. The van der Waals surface area contributed by atoms with Crippen molar-refractivity contribution in [2.45, 2.75) is 51.1 Å². The summed E-state index contributed by atoms with van der Waals surface area (Å²) >= 11 is 0.973. The van der Waals surface area contributed by atoms with E-state index in [4.69, 9.17) is 30.9 Å². The first kappa shape index (κ1) is 41.2. The van der Waals surface area contributed by atoms with Gasteiger partial charge in [-0.15, -0.1) is 11.3 Å². The van der Waals surface area contributed by atoms with Crippen LogP contribution in [0.15, 0.2) is 47.6 Å². The summed E-state index contributed by atoms with van der Waals surface area (Å²) < 4.78 is 78.2. The summed E-state index contributed by atoms with van der Waals surface area (Å²) in [5.74, 6) is -6.21. The number of anilines is 1. The molecule has 0 aromatic carbocycles. The van der Waals surface area contributed by atoms with E-state index in [0.717, 1.165) is 24.3 Å². The number of pyridine rings is 1. The van der Waals surface area contributed by atoms with Crippen molar-refractivity contribution >= 4 is 56.2 Å². The van der Waals surface area contributed by atoms with Gasteiger partial charge in [0.05, 0.1) is 24.2 Å². The molecule has 4 heterocycles. The number of amides is 1. The Kier molecular flexibility index (Phi) is 13.3. The lowest BCUT2D eigenvalue weighted by molar-refractivity contribution is -0.696. The summed E-state index contributed by atoms with van der Waals surface area (Å²) in [6.45, 7) is 3.59. The maximum Gasteiger partial charge on any atom is 0.490 e. The molecule has 0 unspecified atom stereocenters. The molecule has 52 heavy (non-hydrogen) atoms. The van der Waals surface area contributed by atoms with E-state index in [1.165, 1.54) is 25.4 Å². The second-order valence-electron chi connectivity index (χ2n) is 11.1. The Morgan fingerprint density at radius 2 is 1.92 bits per heavy atom. The van der Waals surface area contributed by atoms with Crippen molar-refractivity contribution in [3.05, 3.63) is 48.1 Å². The highest BCUT2D eigenvalue weighted by Gasteiger charge is 2.57. The second-order valence-corrected chi connectivity index (χ2v) is 12.9. The molecule has 20 nitrogen and oxygen atoms in total. The molecule has 6 N–H and O–H groups in total. The third-order valence-corrected chi connectivity index (χ3v) is 7.95. The van der Waals surface area contributed by atoms with E-state index in [1.54, 1.807) is 16.7 Å². The summed E-state index contributed by atoms with van der Waals surface area (Å²) in [5.41, 5.74) is 9.41. The number of aliphatic carboxylic acids is 2. The number of halogens is 3. The van der Waals surface area contributed by atoms with E-state index in [9.17, 15) is 45.6 Å². The Morgan fingerprint density at radius 1 is 1.25 bits per heavy atom. The van der Waals surface area contributed by atoms with Gasteiger partial charge in [-0.1, -0.05) is 5.16 Å². The Bertz CT molecular complexity index is 1900. The fraction of sp³-hybridized carbons (Fsp3) is 0.407. The smallest absolute Gasteiger partial charge is 0.490 e. The molecule has 2 atom stereocenters. The van der Waals surface area contributed by atoms with Gasteiger partial charge in [-0.05, 0) is 32.9 Å². The minimum Gasteiger partial charge on any atom is -0.724 e. The number of nitrogens with two attached hydrogens (primary N) is 2. The standard InChI is InChI=1S/C25H30N8O10S2.C2HF3O2/c1-25(2)16(22(35)33(25)43-45(38,39)40)10-18(34)21(17-13-44-24(27)29-17)30-42-19(23(36)37)12-41-15-4-5-20(28-11-15)32-9-8-31(14-32)7-3-6-26;3-2(4,5)1(6)7/h4-5,8-9,11,13-14,16,19H,3,6-7,10,12,26H2,1-2H3,(H3-,27,29,36,37,38,39,40);(H,6,7)/b30-21-;/t16-,19+;/m1./s1. The number of β-lactam (4-membered cyclic amide) rings is 1. The number of nitrogens with zero attached hydrogens (tertiary/aromatic N) is 6. The van der Waals surface area contributed by atoms with Gasteiger partial charge in [0.25, 0.3) is 12.0 Å². The van der Waals surface area contributed by atoms with Crippen molar-refractivity contribution in [2.24, 2.45) is 16.8 Å². The normalized spacial score (nSPS) is 16.3. The number of thiazole rings is 1. The zero-order chi connectivity index (χ0) is 39.0. The van der Waals surface area contributed by atoms with Crippen LogP contribution in [0.1, 0.15) is 32.4 Å². The zero-order valence-corrected chi connectivity index (χ0v) is 28.6. The number of rotatable bonds is 16. The monoisotopic (exact) mass is 780 g/mol. The number of ether oxygens (including phenoxy) is 1. The van der Waals surface area contributed by atoms with Gasteiger partial charge in [-0.2, -0.15) is 27.1 Å². The van der Waals surface area contributed by atoms with E-state index >= 15 is 0 Å². The van der Waals surface area contributed by atoms with Gasteiger partial charge < -0.3 is 35.8 Å². The molecule has 0 spiro atoms. The van der Waals surface area contributed by atoms with Crippen LogP contribution in [-0.2, 0) is 45.2 Å². The number of aryl methyl sites for hydroxylation is 1. The van der Waals surface area contributed by atoms with E-state index in [0.29, 0.717) is 17.4 Å². The number of carbonyl (C=O) groups is 4. The maximum atomic E-state index is 13.3. The van der Waals surface area contributed by atoms with Gasteiger partial charge in [0.2, 0.25) is 22.5 Å². The third-order valence-electron chi connectivity index (χ3n) is 6.95. The number of carboxylic acids is 2. The van der Waals surface area contributed by atoms with E-state index in [2.05, 4.69) is 19.4 Å². The molecule has 1 amide bonds. The maximum absolute atomic E-state index is 13.3. The molecule has 3 aromatic heterocycles. The molecule has 0 bridgehead atoms. The summed E-state index contributed by atoms with van der Waals surface area (Å²) in [6.07, 6.45) is 0.491. The average Bonchev–Trinajstić information content (AvgIpc) is 3.71. The number of Topliss-reactive ketones (excluding diaryl/α,β-unsaturated/α-hetero) is 1. The first-order valence-corrected chi connectivity index (χ1v) is 16.7. The van der Waals surface area contributed by atoms with Crippen LogP contribution >= 0.6 is 11.3 Å². The van der Waals surface area contributed by atoms with Crippen molar-refractivity contribution in [1.29, 1.82) is 0 Å². The average molecular weight is 781 g/mol. The molecule has 4 rings (SSSR count). The molecular weight excluding hydrogens is 749 g/mol. The number of imidazole rings is 1. The molecule has 1 aliphatic rings. The van der Waals surface area contributed by atoms with Crippen LogP contribution in [-0.4, -0.2) is 103 Å². The summed E-state index contributed by atoms with van der Waals surface area (Å²) in [5, 5.41) is 22.4. The van der Waals surface area contributed by atoms with Gasteiger partial charge >= 0.3 is 18.1 Å². The van der Waals surface area contributed by atoms with Gasteiger partial charge in [0.1, 0.15) is 30.4 Å². The highest BCUT2D eigenvalue weighted by Crippen LogP contribution is 2.40. The van der Waals surface area contributed by atoms with Crippen molar-refractivity contribution in [1.82, 2.24) is 19.6 Å². The van der Waals surface area contributed by atoms with Gasteiger partial charge in [-0.3, -0.25) is 9.59 Å². The summed E-state index contributed by atoms with van der Waals surface area (Å²) in [7, 11) is -5.24. The lowest BCUT2D eigenvalue weighted by Crippen LogP contribution is -2.68. The molecule has 284 valence electrons. The Morgan fingerprint density at radius 3 is 2.42 bits per heavy atom. The van der Waals surface area contributed by atoms with Crippen LogP contribution < -0.4 is 20.8 Å². The van der Waals surface area contributed by atoms with Crippen molar-refractivity contribution in [2.75, 3.05) is 18.9 Å². The first-order valence-electron chi connectivity index (χ1n) is 14.5. The Balaban J connectivity index is 0.000000944. The molecule has 1 aliphatic heterocycles. The number of aromatic nitrogens is 4. The molecule has 1 fully saturated rings. The molecule has 1 saturated heterocycles. The molecule has 0 aliphatic carbocycles. The lowest BCUT2D eigenvalue weighted by Gasteiger charge is -2.51. The Labute approximate surface area is 295 Å². The van der Waals surface area contributed by atoms with Gasteiger partial charge in [0.15, 0.2) is 16.6 Å². The summed E-state index contributed by atoms with van der Waals surface area (Å²) in [6, 6.07) is 3.26. The Hall–Kier alpha value is -5.24. The zero-order valence-electron chi connectivity index (χ0n) is 27.0. The predicted molar refractivity (Wildman–Crippen MR) is 167 cm³/mol. The van der Waals surface area contributed by atoms with E-state index in [-0.39, 0.29) is 16.6 Å². The third kappa shape index (κ3) is 11.1. The molecule has 0 saturated carbocycles. The van der Waals surface area contributed by atoms with Crippen LogP contribution in [0.3, 0.4) is 0 Å². The predicted octanol–water partition coefficient (Wildman–Crippen LogP) is 0.0215. The largest absolute Gasteiger partial charge is 0.724 e. The number of oxime groups is 1. The number of carboxylic acid groups (broad SMARTS) is 2. The molecule has 3 aromatic rings.